The SMILES string of the molecule is Cc1ccc(C(=O)C2CCN(CCc3cc(-c4ccccc4)[nH]c3C)CC2)cc1. The van der Waals surface area contributed by atoms with Crippen molar-refractivity contribution in [3.63, 3.8) is 0 Å². The van der Waals surface area contributed by atoms with Crippen molar-refractivity contribution in [2.45, 2.75) is 33.1 Å². The van der Waals surface area contributed by atoms with Gasteiger partial charge >= 0.3 is 0 Å². The van der Waals surface area contributed by atoms with Crippen LogP contribution in [0.15, 0.2) is 60.7 Å². The number of hydrogen-bond acceptors (Lipinski definition) is 2. The third-order valence-corrected chi connectivity index (χ3v) is 6.20. The predicted molar refractivity (Wildman–Crippen MR) is 119 cm³/mol. The first-order valence-corrected chi connectivity index (χ1v) is 10.7. The van der Waals surface area contributed by atoms with Gasteiger partial charge < -0.3 is 9.88 Å². The number of Topliss-reactive ketones (excluding diaryl/α,β-unsaturated/α-hetero) is 1. The van der Waals surface area contributed by atoms with Crippen LogP contribution in [0.25, 0.3) is 11.3 Å². The maximum atomic E-state index is 12.8. The number of benzene rings is 2. The molecular weight excluding hydrogens is 356 g/mol. The largest absolute Gasteiger partial charge is 0.358 e. The molecule has 0 saturated carbocycles. The van der Waals surface area contributed by atoms with Gasteiger partial charge in [-0.25, -0.2) is 0 Å². The van der Waals surface area contributed by atoms with E-state index < -0.39 is 0 Å². The first kappa shape index (κ1) is 19.7. The highest BCUT2D eigenvalue weighted by Gasteiger charge is 2.25. The summed E-state index contributed by atoms with van der Waals surface area (Å²) in [5.74, 6) is 0.492. The second-order valence-corrected chi connectivity index (χ2v) is 8.30. The van der Waals surface area contributed by atoms with Gasteiger partial charge in [-0.2, -0.15) is 0 Å². The number of hydrogen-bond donors (Lipinski definition) is 1. The Morgan fingerprint density at radius 3 is 2.38 bits per heavy atom. The van der Waals surface area contributed by atoms with Crippen molar-refractivity contribution in [2.75, 3.05) is 19.6 Å². The molecule has 1 aliphatic rings. The molecule has 150 valence electrons. The highest BCUT2D eigenvalue weighted by Crippen LogP contribution is 2.24. The van der Waals surface area contributed by atoms with E-state index in [4.69, 9.17) is 0 Å². The molecule has 0 spiro atoms. The molecule has 29 heavy (non-hydrogen) atoms. The summed E-state index contributed by atoms with van der Waals surface area (Å²) >= 11 is 0. The number of ketones is 1. The quantitative estimate of drug-likeness (QED) is 0.573. The zero-order valence-corrected chi connectivity index (χ0v) is 17.4. The van der Waals surface area contributed by atoms with E-state index in [1.165, 1.54) is 28.1 Å². The average molecular weight is 387 g/mol. The topological polar surface area (TPSA) is 36.1 Å². The van der Waals surface area contributed by atoms with Crippen LogP contribution in [0.2, 0.25) is 0 Å². The maximum Gasteiger partial charge on any atom is 0.166 e. The number of carbonyl (C=O) groups is 1. The van der Waals surface area contributed by atoms with Crippen molar-refractivity contribution in [1.29, 1.82) is 0 Å². The Morgan fingerprint density at radius 2 is 1.69 bits per heavy atom. The molecule has 2 aromatic carbocycles. The molecule has 3 heteroatoms. The molecule has 0 aliphatic carbocycles. The van der Waals surface area contributed by atoms with E-state index in [-0.39, 0.29) is 5.92 Å². The first-order valence-electron chi connectivity index (χ1n) is 10.7. The number of carbonyl (C=O) groups excluding carboxylic acids is 1. The fourth-order valence-electron chi connectivity index (χ4n) is 4.28. The lowest BCUT2D eigenvalue weighted by Crippen LogP contribution is -2.37. The molecule has 1 aliphatic heterocycles. The molecule has 2 heterocycles. The van der Waals surface area contributed by atoms with Gasteiger partial charge in [-0.15, -0.1) is 0 Å². The van der Waals surface area contributed by atoms with E-state index in [2.05, 4.69) is 54.1 Å². The van der Waals surface area contributed by atoms with Crippen LogP contribution >= 0.6 is 0 Å². The van der Waals surface area contributed by atoms with Gasteiger partial charge in [0.25, 0.3) is 0 Å². The molecule has 0 radical (unpaired) electrons. The van der Waals surface area contributed by atoms with E-state index in [0.717, 1.165) is 44.5 Å². The Bertz CT molecular complexity index is 948. The van der Waals surface area contributed by atoms with Crippen LogP contribution in [-0.2, 0) is 6.42 Å². The average Bonchev–Trinajstić information content (AvgIpc) is 3.14. The number of aryl methyl sites for hydroxylation is 2. The van der Waals surface area contributed by atoms with Gasteiger partial charge in [-0.05, 0) is 63.4 Å². The third kappa shape index (κ3) is 4.68. The van der Waals surface area contributed by atoms with Gasteiger partial charge in [0.2, 0.25) is 0 Å². The summed E-state index contributed by atoms with van der Waals surface area (Å²) in [5.41, 5.74) is 7.14. The van der Waals surface area contributed by atoms with Gasteiger partial charge in [-0.3, -0.25) is 4.79 Å². The number of aromatic nitrogens is 1. The Labute approximate surface area is 173 Å². The van der Waals surface area contributed by atoms with Crippen molar-refractivity contribution in [2.24, 2.45) is 5.92 Å². The molecule has 1 fully saturated rings. The van der Waals surface area contributed by atoms with Crippen LogP contribution in [0.4, 0.5) is 0 Å². The summed E-state index contributed by atoms with van der Waals surface area (Å²) in [5, 5.41) is 0. The van der Waals surface area contributed by atoms with E-state index in [0.29, 0.717) is 5.78 Å². The fourth-order valence-corrected chi connectivity index (χ4v) is 4.28. The lowest BCUT2D eigenvalue weighted by atomic mass is 9.88. The van der Waals surface area contributed by atoms with Gasteiger partial charge in [0.05, 0.1) is 0 Å². The molecule has 1 aromatic heterocycles. The summed E-state index contributed by atoms with van der Waals surface area (Å²) in [6.45, 7) is 7.29. The fraction of sp³-hybridized carbons (Fsp3) is 0.346. The molecule has 3 nitrogen and oxygen atoms in total. The van der Waals surface area contributed by atoms with Crippen LogP contribution in [0, 0.1) is 19.8 Å². The lowest BCUT2D eigenvalue weighted by Gasteiger charge is -2.31. The van der Waals surface area contributed by atoms with E-state index in [9.17, 15) is 4.79 Å². The molecule has 1 N–H and O–H groups in total. The number of likely N-dealkylation sites (tertiary alicyclic amines) is 1. The molecule has 3 aromatic rings. The summed E-state index contributed by atoms with van der Waals surface area (Å²) < 4.78 is 0. The maximum absolute atomic E-state index is 12.8. The van der Waals surface area contributed by atoms with Gasteiger partial charge in [-0.1, -0.05) is 60.2 Å². The van der Waals surface area contributed by atoms with Gasteiger partial charge in [0, 0.05) is 29.4 Å². The van der Waals surface area contributed by atoms with Crippen molar-refractivity contribution < 1.29 is 4.79 Å². The molecular formula is C26H30N2O. The number of aromatic amines is 1. The highest BCUT2D eigenvalue weighted by atomic mass is 16.1. The third-order valence-electron chi connectivity index (χ3n) is 6.20. The van der Waals surface area contributed by atoms with Crippen molar-refractivity contribution >= 4 is 5.78 Å². The Kier molecular flexibility index (Phi) is 5.96. The standard InChI is InChI=1S/C26H30N2O/c1-19-8-10-22(11-9-19)26(29)23-12-15-28(16-13-23)17-14-24-18-25(27-20(24)2)21-6-4-3-5-7-21/h3-11,18,23,27H,12-17H2,1-2H3. The van der Waals surface area contributed by atoms with Crippen LogP contribution < -0.4 is 0 Å². The van der Waals surface area contributed by atoms with Gasteiger partial charge in [0.1, 0.15) is 0 Å². The zero-order chi connectivity index (χ0) is 20.2. The van der Waals surface area contributed by atoms with E-state index in [1.807, 2.05) is 30.3 Å². The summed E-state index contributed by atoms with van der Waals surface area (Å²) in [7, 11) is 0. The molecule has 0 bridgehead atoms. The molecule has 1 saturated heterocycles. The van der Waals surface area contributed by atoms with Crippen LogP contribution in [0.3, 0.4) is 0 Å². The number of piperidine rings is 1. The van der Waals surface area contributed by atoms with E-state index in [1.54, 1.807) is 0 Å². The molecule has 0 atom stereocenters. The second kappa shape index (κ2) is 8.79. The summed E-state index contributed by atoms with van der Waals surface area (Å²) in [6, 6.07) is 20.8. The monoisotopic (exact) mass is 386 g/mol. The van der Waals surface area contributed by atoms with Crippen LogP contribution in [0.5, 0.6) is 0 Å². The highest BCUT2D eigenvalue weighted by molar-refractivity contribution is 5.97. The Hall–Kier alpha value is -2.65. The smallest absolute Gasteiger partial charge is 0.166 e. The molecule has 0 amide bonds. The minimum Gasteiger partial charge on any atom is -0.358 e. The Balaban J connectivity index is 1.30. The van der Waals surface area contributed by atoms with Gasteiger partial charge in [0.15, 0.2) is 5.78 Å². The number of nitrogens with one attached hydrogen (secondary N) is 1. The van der Waals surface area contributed by atoms with Crippen LogP contribution in [-0.4, -0.2) is 35.3 Å². The second-order valence-electron chi connectivity index (χ2n) is 8.30. The van der Waals surface area contributed by atoms with Crippen LogP contribution in [0.1, 0.15) is 40.0 Å². The predicted octanol–water partition coefficient (Wildman–Crippen LogP) is 5.44. The summed E-state index contributed by atoms with van der Waals surface area (Å²) in [6.07, 6.45) is 2.98. The minimum absolute atomic E-state index is 0.174. The van der Waals surface area contributed by atoms with Crippen molar-refractivity contribution in [3.05, 3.63) is 83.0 Å². The number of rotatable bonds is 6. The number of H-pyrrole nitrogens is 1. The lowest BCUT2D eigenvalue weighted by molar-refractivity contribution is 0.0841. The van der Waals surface area contributed by atoms with E-state index >= 15 is 0 Å². The molecule has 4 rings (SSSR count). The van der Waals surface area contributed by atoms with Crippen molar-refractivity contribution in [1.82, 2.24) is 9.88 Å². The number of nitrogens with zero attached hydrogens (tertiary/aromatic N) is 1. The normalized spacial score (nSPS) is 15.5. The first-order chi connectivity index (χ1) is 14.1. The minimum atomic E-state index is 0.174. The zero-order valence-electron chi connectivity index (χ0n) is 17.4. The summed E-state index contributed by atoms with van der Waals surface area (Å²) in [4.78, 5) is 18.8. The van der Waals surface area contributed by atoms with Crippen molar-refractivity contribution in [3.8, 4) is 11.3 Å². The molecule has 0 unspecified atom stereocenters. The Morgan fingerprint density at radius 1 is 1.00 bits per heavy atom.